The molecule has 0 aliphatic carbocycles. The average Bonchev–Trinajstić information content (AvgIpc) is 2.26. The molecule has 1 aromatic heterocycles. The number of fused-ring (bicyclic) bond motifs is 1. The predicted molar refractivity (Wildman–Crippen MR) is 53.7 cm³/mol. The van der Waals surface area contributed by atoms with E-state index >= 15 is 0 Å². The molecule has 0 aliphatic rings. The van der Waals surface area contributed by atoms with Crippen LogP contribution in [0.5, 0.6) is 0 Å². The second-order valence-corrected chi connectivity index (χ2v) is 3.36. The average molecular weight is 241 g/mol. The number of rotatable bonds is 1. The molecule has 0 bridgehead atoms. The Morgan fingerprint density at radius 2 is 1.94 bits per heavy atom. The van der Waals surface area contributed by atoms with Crippen LogP contribution in [0.4, 0.5) is 13.2 Å². The van der Waals surface area contributed by atoms with Gasteiger partial charge in [0.15, 0.2) is 0 Å². The molecule has 88 valence electrons. The Kier molecular flexibility index (Phi) is 2.49. The molecule has 2 aromatic rings. The predicted octanol–water partition coefficient (Wildman–Crippen LogP) is 2.95. The van der Waals surface area contributed by atoms with Crippen molar-refractivity contribution in [3.8, 4) is 0 Å². The highest BCUT2D eigenvalue weighted by atomic mass is 19.4. The van der Waals surface area contributed by atoms with Crippen molar-refractivity contribution >= 4 is 16.9 Å². The van der Waals surface area contributed by atoms with Crippen molar-refractivity contribution in [3.63, 3.8) is 0 Å². The highest BCUT2D eigenvalue weighted by Crippen LogP contribution is 2.35. The van der Waals surface area contributed by atoms with Crippen LogP contribution in [0.1, 0.15) is 15.9 Å². The molecule has 6 heteroatoms. The van der Waals surface area contributed by atoms with Crippen LogP contribution in [-0.2, 0) is 6.18 Å². The van der Waals surface area contributed by atoms with Crippen molar-refractivity contribution in [2.24, 2.45) is 0 Å². The quantitative estimate of drug-likeness (QED) is 0.835. The number of nitrogens with zero attached hydrogens (tertiary/aromatic N) is 1. The summed E-state index contributed by atoms with van der Waals surface area (Å²) in [7, 11) is 0. The van der Waals surface area contributed by atoms with Crippen LogP contribution in [0, 0.1) is 0 Å². The summed E-state index contributed by atoms with van der Waals surface area (Å²) < 4.78 is 38.0. The molecule has 0 amide bonds. The molecule has 0 atom stereocenters. The van der Waals surface area contributed by atoms with Crippen LogP contribution < -0.4 is 0 Å². The summed E-state index contributed by atoms with van der Waals surface area (Å²) in [4.78, 5) is 14.8. The standard InChI is InChI=1S/C11H6F3NO2/c12-11(13,14)7-3-4-8-6(2-1-5-15-8)9(7)10(16)17/h1-5H,(H,16,17). The molecule has 1 heterocycles. The van der Waals surface area contributed by atoms with Crippen molar-refractivity contribution in [1.29, 1.82) is 0 Å². The van der Waals surface area contributed by atoms with Crippen LogP contribution >= 0.6 is 0 Å². The second kappa shape index (κ2) is 3.73. The summed E-state index contributed by atoms with van der Waals surface area (Å²) in [6.07, 6.45) is -3.31. The van der Waals surface area contributed by atoms with Gasteiger partial charge in [0.05, 0.1) is 16.6 Å². The molecule has 3 nitrogen and oxygen atoms in total. The molecule has 0 radical (unpaired) electrons. The number of aromatic carboxylic acids is 1. The summed E-state index contributed by atoms with van der Waals surface area (Å²) in [5.74, 6) is -1.61. The van der Waals surface area contributed by atoms with Gasteiger partial charge in [-0.15, -0.1) is 0 Å². The first-order valence-electron chi connectivity index (χ1n) is 4.59. The SMILES string of the molecule is O=C(O)c1c(C(F)(F)F)ccc2ncccc12. The smallest absolute Gasteiger partial charge is 0.417 e. The van der Waals surface area contributed by atoms with E-state index in [-0.39, 0.29) is 10.9 Å². The number of pyridine rings is 1. The zero-order chi connectivity index (χ0) is 12.6. The Morgan fingerprint density at radius 1 is 1.24 bits per heavy atom. The Morgan fingerprint density at radius 3 is 2.53 bits per heavy atom. The van der Waals surface area contributed by atoms with Gasteiger partial charge < -0.3 is 5.11 Å². The summed E-state index contributed by atoms with van der Waals surface area (Å²) in [6, 6.07) is 4.60. The number of carbonyl (C=O) groups is 1. The maximum atomic E-state index is 12.7. The highest BCUT2D eigenvalue weighted by Gasteiger charge is 2.36. The zero-order valence-electron chi connectivity index (χ0n) is 8.32. The number of hydrogen-bond acceptors (Lipinski definition) is 2. The minimum atomic E-state index is -4.70. The van der Waals surface area contributed by atoms with E-state index in [2.05, 4.69) is 4.98 Å². The fourth-order valence-electron chi connectivity index (χ4n) is 1.62. The first kappa shape index (κ1) is 11.4. The van der Waals surface area contributed by atoms with Crippen molar-refractivity contribution in [1.82, 2.24) is 4.98 Å². The lowest BCUT2D eigenvalue weighted by molar-refractivity contribution is -0.138. The molecule has 0 fully saturated rings. The van der Waals surface area contributed by atoms with Crippen LogP contribution in [0.15, 0.2) is 30.5 Å². The molecule has 0 saturated carbocycles. The molecular formula is C11H6F3NO2. The van der Waals surface area contributed by atoms with Crippen LogP contribution in [0.25, 0.3) is 10.9 Å². The number of carboxylic acid groups (broad SMARTS) is 1. The Labute approximate surface area is 93.5 Å². The van der Waals surface area contributed by atoms with E-state index in [0.717, 1.165) is 12.1 Å². The normalized spacial score (nSPS) is 11.7. The number of hydrogen-bond donors (Lipinski definition) is 1. The molecule has 1 aromatic carbocycles. The Bertz CT molecular complexity index is 593. The number of alkyl halides is 3. The van der Waals surface area contributed by atoms with Gasteiger partial charge in [-0.1, -0.05) is 6.07 Å². The number of halogens is 3. The lowest BCUT2D eigenvalue weighted by atomic mass is 10.0. The molecule has 0 saturated heterocycles. The largest absolute Gasteiger partial charge is 0.478 e. The van der Waals surface area contributed by atoms with Gasteiger partial charge in [-0.2, -0.15) is 13.2 Å². The van der Waals surface area contributed by atoms with Crippen molar-refractivity contribution in [2.75, 3.05) is 0 Å². The minimum Gasteiger partial charge on any atom is -0.478 e. The van der Waals surface area contributed by atoms with E-state index in [4.69, 9.17) is 5.11 Å². The summed E-state index contributed by atoms with van der Waals surface area (Å²) >= 11 is 0. The summed E-state index contributed by atoms with van der Waals surface area (Å²) in [5, 5.41) is 8.88. The molecular weight excluding hydrogens is 235 g/mol. The molecule has 0 aliphatic heterocycles. The molecule has 17 heavy (non-hydrogen) atoms. The number of aromatic nitrogens is 1. The highest BCUT2D eigenvalue weighted by molar-refractivity contribution is 6.04. The van der Waals surface area contributed by atoms with Gasteiger partial charge in [-0.3, -0.25) is 4.98 Å². The first-order chi connectivity index (χ1) is 7.91. The van der Waals surface area contributed by atoms with Gasteiger partial charge in [0, 0.05) is 11.6 Å². The van der Waals surface area contributed by atoms with Crippen LogP contribution in [0.2, 0.25) is 0 Å². The van der Waals surface area contributed by atoms with Crippen LogP contribution in [-0.4, -0.2) is 16.1 Å². The van der Waals surface area contributed by atoms with Crippen LogP contribution in [0.3, 0.4) is 0 Å². The van der Waals surface area contributed by atoms with E-state index in [9.17, 15) is 18.0 Å². The minimum absolute atomic E-state index is 0.0187. The molecule has 0 spiro atoms. The van der Waals surface area contributed by atoms with Crippen molar-refractivity contribution < 1.29 is 23.1 Å². The van der Waals surface area contributed by atoms with Crippen molar-refractivity contribution in [3.05, 3.63) is 41.6 Å². The maximum Gasteiger partial charge on any atom is 0.417 e. The molecule has 1 N–H and O–H groups in total. The third-order valence-corrected chi connectivity index (χ3v) is 2.30. The fourth-order valence-corrected chi connectivity index (χ4v) is 1.62. The lowest BCUT2D eigenvalue weighted by Crippen LogP contribution is -2.13. The summed E-state index contributed by atoms with van der Waals surface area (Å²) in [6.45, 7) is 0. The zero-order valence-corrected chi connectivity index (χ0v) is 8.32. The van der Waals surface area contributed by atoms with Gasteiger partial charge in [-0.05, 0) is 18.2 Å². The van der Waals surface area contributed by atoms with Gasteiger partial charge in [0.2, 0.25) is 0 Å². The van der Waals surface area contributed by atoms with E-state index in [1.807, 2.05) is 0 Å². The topological polar surface area (TPSA) is 50.2 Å². The molecule has 0 unspecified atom stereocenters. The van der Waals surface area contributed by atoms with E-state index < -0.39 is 23.3 Å². The second-order valence-electron chi connectivity index (χ2n) is 3.36. The maximum absolute atomic E-state index is 12.7. The first-order valence-corrected chi connectivity index (χ1v) is 4.59. The van der Waals surface area contributed by atoms with Gasteiger partial charge in [0.1, 0.15) is 0 Å². The fraction of sp³-hybridized carbons (Fsp3) is 0.0909. The number of carboxylic acids is 1. The number of benzene rings is 1. The Hall–Kier alpha value is -2.11. The van der Waals surface area contributed by atoms with Gasteiger partial charge in [-0.25, -0.2) is 4.79 Å². The third kappa shape index (κ3) is 1.93. The van der Waals surface area contributed by atoms with Crippen molar-refractivity contribution in [2.45, 2.75) is 6.18 Å². The van der Waals surface area contributed by atoms with E-state index in [0.29, 0.717) is 0 Å². The van der Waals surface area contributed by atoms with Gasteiger partial charge >= 0.3 is 12.1 Å². The summed E-state index contributed by atoms with van der Waals surface area (Å²) in [5.41, 5.74) is -1.70. The Balaban J connectivity index is 2.87. The van der Waals surface area contributed by atoms with E-state index in [1.54, 1.807) is 0 Å². The van der Waals surface area contributed by atoms with E-state index in [1.165, 1.54) is 18.3 Å². The monoisotopic (exact) mass is 241 g/mol. The third-order valence-electron chi connectivity index (χ3n) is 2.30. The molecule has 2 rings (SSSR count). The van der Waals surface area contributed by atoms with Gasteiger partial charge in [0.25, 0.3) is 0 Å². The lowest BCUT2D eigenvalue weighted by Gasteiger charge is -2.11.